The molecule has 84 valence electrons. The smallest absolute Gasteiger partial charge is 0.302 e. The maximum Gasteiger partial charge on any atom is 0.302 e. The Labute approximate surface area is 86.8 Å². The van der Waals surface area contributed by atoms with Gasteiger partial charge in [-0.05, 0) is 33.1 Å². The van der Waals surface area contributed by atoms with Gasteiger partial charge < -0.3 is 9.47 Å². The molecule has 3 heteroatoms. The summed E-state index contributed by atoms with van der Waals surface area (Å²) < 4.78 is 9.91. The van der Waals surface area contributed by atoms with Crippen molar-refractivity contribution >= 4 is 5.97 Å². The lowest BCUT2D eigenvalue weighted by atomic mass is 10.2. The van der Waals surface area contributed by atoms with E-state index >= 15 is 0 Å². The molecule has 1 fully saturated rings. The van der Waals surface area contributed by atoms with Crippen molar-refractivity contribution < 1.29 is 14.3 Å². The summed E-state index contributed by atoms with van der Waals surface area (Å²) in [5.41, 5.74) is 0. The molecular weight excluding hydrogens is 180 g/mol. The summed E-state index contributed by atoms with van der Waals surface area (Å²) in [6, 6.07) is 0. The van der Waals surface area contributed by atoms with E-state index in [9.17, 15) is 4.79 Å². The van der Waals surface area contributed by atoms with Crippen LogP contribution < -0.4 is 0 Å². The van der Waals surface area contributed by atoms with Gasteiger partial charge in [0.25, 0.3) is 0 Å². The van der Waals surface area contributed by atoms with E-state index in [4.69, 9.17) is 4.74 Å². The van der Waals surface area contributed by atoms with E-state index in [0.29, 0.717) is 6.10 Å². The van der Waals surface area contributed by atoms with Crippen LogP contribution in [0.1, 0.15) is 47.0 Å². The zero-order valence-electron chi connectivity index (χ0n) is 9.71. The minimum absolute atomic E-state index is 0.0255. The maximum atomic E-state index is 10.0. The maximum absolute atomic E-state index is 10.0. The minimum atomic E-state index is -0.213. The van der Waals surface area contributed by atoms with Gasteiger partial charge in [0.1, 0.15) is 0 Å². The SMILES string of the molecule is CC(=O)OC(C)C.CCC1CCCO1. The number of esters is 1. The predicted molar refractivity (Wildman–Crippen MR) is 56.2 cm³/mol. The first kappa shape index (κ1) is 13.4. The van der Waals surface area contributed by atoms with Gasteiger partial charge in [0.05, 0.1) is 12.2 Å². The summed E-state index contributed by atoms with van der Waals surface area (Å²) in [4.78, 5) is 10.0. The normalized spacial score (nSPS) is 20.2. The number of carbonyl (C=O) groups is 1. The van der Waals surface area contributed by atoms with Crippen molar-refractivity contribution in [2.75, 3.05) is 6.61 Å². The molecular formula is C11H22O3. The molecule has 1 aliphatic rings. The molecule has 1 saturated heterocycles. The molecule has 0 N–H and O–H groups in total. The zero-order valence-corrected chi connectivity index (χ0v) is 9.71. The van der Waals surface area contributed by atoms with Crippen molar-refractivity contribution in [1.82, 2.24) is 0 Å². The first-order valence-electron chi connectivity index (χ1n) is 5.35. The molecule has 14 heavy (non-hydrogen) atoms. The van der Waals surface area contributed by atoms with Crippen LogP contribution in [0.3, 0.4) is 0 Å². The Morgan fingerprint density at radius 1 is 1.57 bits per heavy atom. The van der Waals surface area contributed by atoms with Gasteiger partial charge in [0.2, 0.25) is 0 Å². The first-order chi connectivity index (χ1) is 6.56. The third-order valence-corrected chi connectivity index (χ3v) is 1.88. The van der Waals surface area contributed by atoms with E-state index in [1.54, 1.807) is 0 Å². The highest BCUT2D eigenvalue weighted by Gasteiger charge is 2.11. The highest BCUT2D eigenvalue weighted by Crippen LogP contribution is 2.13. The number of rotatable bonds is 2. The lowest BCUT2D eigenvalue weighted by molar-refractivity contribution is -0.144. The number of carbonyl (C=O) groups excluding carboxylic acids is 1. The highest BCUT2D eigenvalue weighted by atomic mass is 16.5. The average molecular weight is 202 g/mol. The molecule has 0 aromatic rings. The Morgan fingerprint density at radius 3 is 2.36 bits per heavy atom. The Hall–Kier alpha value is -0.570. The molecule has 3 nitrogen and oxygen atoms in total. The van der Waals surface area contributed by atoms with Gasteiger partial charge in [0.15, 0.2) is 0 Å². The summed E-state index contributed by atoms with van der Waals surface area (Å²) in [6.45, 7) is 8.22. The van der Waals surface area contributed by atoms with Gasteiger partial charge in [0, 0.05) is 13.5 Å². The monoisotopic (exact) mass is 202 g/mol. The fourth-order valence-electron chi connectivity index (χ4n) is 1.30. The zero-order chi connectivity index (χ0) is 11.0. The second-order valence-electron chi connectivity index (χ2n) is 3.70. The molecule has 1 atom stereocenters. The summed E-state index contributed by atoms with van der Waals surface area (Å²) in [5.74, 6) is -0.213. The van der Waals surface area contributed by atoms with Crippen molar-refractivity contribution in [2.24, 2.45) is 0 Å². The summed E-state index contributed by atoms with van der Waals surface area (Å²) >= 11 is 0. The molecule has 0 aromatic heterocycles. The first-order valence-corrected chi connectivity index (χ1v) is 5.35. The van der Waals surface area contributed by atoms with Crippen LogP contribution in [0.4, 0.5) is 0 Å². The van der Waals surface area contributed by atoms with Crippen LogP contribution in [0.25, 0.3) is 0 Å². The van der Waals surface area contributed by atoms with Gasteiger partial charge >= 0.3 is 5.97 Å². The number of hydrogen-bond acceptors (Lipinski definition) is 3. The molecule has 0 saturated carbocycles. The topological polar surface area (TPSA) is 35.5 Å². The molecule has 0 amide bonds. The van der Waals surface area contributed by atoms with Crippen LogP contribution in [-0.4, -0.2) is 24.8 Å². The molecule has 1 unspecified atom stereocenters. The summed E-state index contributed by atoms with van der Waals surface area (Å²) in [6.07, 6.45) is 4.38. The Balaban J connectivity index is 0.000000241. The Bertz CT molecular complexity index is 149. The average Bonchev–Trinajstić information content (AvgIpc) is 2.53. The van der Waals surface area contributed by atoms with E-state index in [1.165, 1.54) is 26.2 Å². The molecule has 1 aliphatic heterocycles. The predicted octanol–water partition coefficient (Wildman–Crippen LogP) is 2.53. The molecule has 0 bridgehead atoms. The lowest BCUT2D eigenvalue weighted by Crippen LogP contribution is -2.06. The minimum Gasteiger partial charge on any atom is -0.463 e. The van der Waals surface area contributed by atoms with E-state index in [1.807, 2.05) is 13.8 Å². The van der Waals surface area contributed by atoms with Crippen molar-refractivity contribution in [1.29, 1.82) is 0 Å². The van der Waals surface area contributed by atoms with Gasteiger partial charge in [-0.2, -0.15) is 0 Å². The van der Waals surface area contributed by atoms with Crippen molar-refractivity contribution in [2.45, 2.75) is 59.2 Å². The molecule has 1 rings (SSSR count). The summed E-state index contributed by atoms with van der Waals surface area (Å²) in [7, 11) is 0. The van der Waals surface area contributed by atoms with Crippen LogP contribution in [0.2, 0.25) is 0 Å². The highest BCUT2D eigenvalue weighted by molar-refractivity contribution is 5.66. The molecule has 0 aliphatic carbocycles. The molecule has 0 spiro atoms. The van der Waals surface area contributed by atoms with Crippen LogP contribution >= 0.6 is 0 Å². The molecule has 1 heterocycles. The van der Waals surface area contributed by atoms with E-state index in [0.717, 1.165) is 6.61 Å². The Morgan fingerprint density at radius 2 is 2.21 bits per heavy atom. The van der Waals surface area contributed by atoms with E-state index < -0.39 is 0 Å². The van der Waals surface area contributed by atoms with Crippen molar-refractivity contribution in [3.63, 3.8) is 0 Å². The largest absolute Gasteiger partial charge is 0.463 e. The van der Waals surface area contributed by atoms with E-state index in [2.05, 4.69) is 11.7 Å². The lowest BCUT2D eigenvalue weighted by Gasteiger charge is -2.01. The number of ether oxygens (including phenoxy) is 2. The van der Waals surface area contributed by atoms with Crippen molar-refractivity contribution in [3.05, 3.63) is 0 Å². The van der Waals surface area contributed by atoms with Crippen LogP contribution in [0.5, 0.6) is 0 Å². The summed E-state index contributed by atoms with van der Waals surface area (Å²) in [5, 5.41) is 0. The third kappa shape index (κ3) is 8.05. The molecule has 0 aromatic carbocycles. The Kier molecular flexibility index (Phi) is 7.48. The van der Waals surface area contributed by atoms with Crippen molar-refractivity contribution in [3.8, 4) is 0 Å². The third-order valence-electron chi connectivity index (χ3n) is 1.88. The van der Waals surface area contributed by atoms with Gasteiger partial charge in [-0.1, -0.05) is 6.92 Å². The fraction of sp³-hybridized carbons (Fsp3) is 0.909. The van der Waals surface area contributed by atoms with Crippen LogP contribution in [-0.2, 0) is 14.3 Å². The van der Waals surface area contributed by atoms with Gasteiger partial charge in [-0.15, -0.1) is 0 Å². The fourth-order valence-corrected chi connectivity index (χ4v) is 1.30. The second-order valence-corrected chi connectivity index (χ2v) is 3.70. The van der Waals surface area contributed by atoms with Gasteiger partial charge in [-0.25, -0.2) is 0 Å². The van der Waals surface area contributed by atoms with Gasteiger partial charge in [-0.3, -0.25) is 4.79 Å². The number of hydrogen-bond donors (Lipinski definition) is 0. The second kappa shape index (κ2) is 7.80. The van der Waals surface area contributed by atoms with Crippen LogP contribution in [0.15, 0.2) is 0 Å². The molecule has 0 radical (unpaired) electrons. The quantitative estimate of drug-likeness (QED) is 0.645. The standard InChI is InChI=1S/C6H12O.C5H10O2/c1-2-6-4-3-5-7-6;1-4(2)7-5(3)6/h6H,2-5H2,1H3;4H,1-3H3. The van der Waals surface area contributed by atoms with E-state index in [-0.39, 0.29) is 12.1 Å². The van der Waals surface area contributed by atoms with Crippen LogP contribution in [0, 0.1) is 0 Å².